The van der Waals surface area contributed by atoms with Crippen LogP contribution in [0.15, 0.2) is 82.4 Å². The highest BCUT2D eigenvalue weighted by atomic mass is 35.5. The van der Waals surface area contributed by atoms with Crippen LogP contribution in [0.2, 0.25) is 0 Å². The zero-order valence-electron chi connectivity index (χ0n) is 21.3. The smallest absolute Gasteiger partial charge is 0.410 e. The minimum absolute atomic E-state index is 0.0806. The molecule has 1 amide bonds. The number of amides is 1. The van der Waals surface area contributed by atoms with E-state index in [0.29, 0.717) is 35.6 Å². The molecule has 1 atom stereocenters. The van der Waals surface area contributed by atoms with Gasteiger partial charge in [0.05, 0.1) is 16.3 Å². The van der Waals surface area contributed by atoms with Crippen molar-refractivity contribution in [2.24, 2.45) is 5.73 Å². The molecule has 1 aliphatic rings. The summed E-state index contributed by atoms with van der Waals surface area (Å²) in [6.45, 7) is 9.89. The minimum atomic E-state index is -0.608. The van der Waals surface area contributed by atoms with Crippen LogP contribution in [-0.4, -0.2) is 29.2 Å². The third kappa shape index (κ3) is 7.55. The van der Waals surface area contributed by atoms with Crippen molar-refractivity contribution in [3.8, 4) is 17.6 Å². The number of nitriles is 1. The van der Waals surface area contributed by atoms with Crippen molar-refractivity contribution in [1.82, 2.24) is 4.90 Å². The summed E-state index contributed by atoms with van der Waals surface area (Å²) in [6.07, 6.45) is 1.51. The molecule has 0 aromatic heterocycles. The molecule has 194 valence electrons. The highest BCUT2D eigenvalue weighted by molar-refractivity contribution is 6.37. The lowest BCUT2D eigenvalue weighted by Gasteiger charge is -2.29. The van der Waals surface area contributed by atoms with Crippen molar-refractivity contribution in [2.75, 3.05) is 6.54 Å². The summed E-state index contributed by atoms with van der Waals surface area (Å²) in [5.74, 6) is 1.33. The van der Waals surface area contributed by atoms with E-state index in [-0.39, 0.29) is 33.5 Å². The van der Waals surface area contributed by atoms with Crippen LogP contribution in [0.1, 0.15) is 45.6 Å². The Bertz CT molecular complexity index is 1240. The van der Waals surface area contributed by atoms with Gasteiger partial charge in [-0.2, -0.15) is 5.26 Å². The third-order valence-corrected chi connectivity index (χ3v) is 6.43. The van der Waals surface area contributed by atoms with Crippen LogP contribution in [0.4, 0.5) is 4.79 Å². The van der Waals surface area contributed by atoms with Crippen molar-refractivity contribution < 1.29 is 14.3 Å². The van der Waals surface area contributed by atoms with Gasteiger partial charge >= 0.3 is 6.09 Å². The molecule has 0 aliphatic carbocycles. The number of carbonyl (C=O) groups is 1. The first kappa shape index (κ1) is 28.2. The zero-order valence-corrected chi connectivity index (χ0v) is 22.8. The largest absolute Gasteiger partial charge is 0.457 e. The van der Waals surface area contributed by atoms with Gasteiger partial charge < -0.3 is 20.1 Å². The van der Waals surface area contributed by atoms with Crippen LogP contribution in [0, 0.1) is 11.3 Å². The molecule has 1 unspecified atom stereocenters. The molecule has 0 radical (unpaired) electrons. The monoisotopic (exact) mass is 539 g/mol. The Kier molecular flexibility index (Phi) is 9.31. The van der Waals surface area contributed by atoms with Gasteiger partial charge in [0.1, 0.15) is 23.2 Å². The van der Waals surface area contributed by atoms with E-state index >= 15 is 0 Å². The first-order valence-corrected chi connectivity index (χ1v) is 12.7. The molecule has 2 N–H and O–H groups in total. The number of hydrogen-bond donors (Lipinski definition) is 1. The second-order valence-electron chi connectivity index (χ2n) is 9.71. The summed E-state index contributed by atoms with van der Waals surface area (Å²) in [6, 6.07) is 18.4. The van der Waals surface area contributed by atoms with E-state index < -0.39 is 5.60 Å². The molecule has 3 rings (SSSR count). The van der Waals surface area contributed by atoms with E-state index in [1.54, 1.807) is 29.2 Å². The van der Waals surface area contributed by atoms with Gasteiger partial charge in [0.25, 0.3) is 0 Å². The fourth-order valence-corrected chi connectivity index (χ4v) is 4.57. The Balaban J connectivity index is 1.87. The summed E-state index contributed by atoms with van der Waals surface area (Å²) in [5.41, 5.74) is 7.12. The Labute approximate surface area is 228 Å². The van der Waals surface area contributed by atoms with E-state index in [0.717, 1.165) is 12.8 Å². The van der Waals surface area contributed by atoms with Crippen LogP contribution in [0.5, 0.6) is 11.5 Å². The summed E-state index contributed by atoms with van der Waals surface area (Å²) in [7, 11) is 0. The number of likely N-dealkylation sites (tertiary alicyclic amines) is 1. The number of nitrogens with zero attached hydrogens (tertiary/aromatic N) is 2. The number of hydrogen-bond acceptors (Lipinski definition) is 5. The number of rotatable bonds is 7. The van der Waals surface area contributed by atoms with Gasteiger partial charge in [0.2, 0.25) is 0 Å². The van der Waals surface area contributed by atoms with Crippen LogP contribution in [0.25, 0.3) is 5.70 Å². The van der Waals surface area contributed by atoms with Crippen LogP contribution in [-0.2, 0) is 4.74 Å². The highest BCUT2D eigenvalue weighted by Crippen LogP contribution is 2.35. The normalized spacial score (nSPS) is 16.9. The standard InChI is InChI=1S/C29H31Cl2N3O3/c1-19(30)24(17-21-9-8-16-34(21)28(35)37-29(2,3)4)26(31)25(18-32)27(33)20-12-14-23(15-13-20)36-22-10-6-5-7-11-22/h5-7,10-15,21H,1,8-9,16-17,33H2,2-4H3/b26-24+,27-25-. The number of nitrogens with two attached hydrogens (primary N) is 1. The average Bonchev–Trinajstić information content (AvgIpc) is 3.31. The topological polar surface area (TPSA) is 88.6 Å². The molecule has 6 nitrogen and oxygen atoms in total. The molecule has 1 heterocycles. The number of benzene rings is 2. The highest BCUT2D eigenvalue weighted by Gasteiger charge is 2.33. The van der Waals surface area contributed by atoms with Crippen molar-refractivity contribution in [3.05, 3.63) is 88.0 Å². The molecular weight excluding hydrogens is 509 g/mol. The quantitative estimate of drug-likeness (QED) is 0.287. The summed E-state index contributed by atoms with van der Waals surface area (Å²) < 4.78 is 11.4. The molecule has 1 fully saturated rings. The van der Waals surface area contributed by atoms with Gasteiger partial charge in [-0.05, 0) is 87.6 Å². The third-order valence-electron chi connectivity index (χ3n) is 5.78. The van der Waals surface area contributed by atoms with E-state index in [1.807, 2.05) is 51.1 Å². The molecule has 2 aromatic carbocycles. The number of para-hydroxylation sites is 1. The van der Waals surface area contributed by atoms with E-state index in [1.165, 1.54) is 0 Å². The van der Waals surface area contributed by atoms with E-state index in [2.05, 4.69) is 12.6 Å². The van der Waals surface area contributed by atoms with Crippen molar-refractivity contribution in [3.63, 3.8) is 0 Å². The molecule has 0 spiro atoms. The van der Waals surface area contributed by atoms with Gasteiger partial charge in [-0.15, -0.1) is 0 Å². The van der Waals surface area contributed by atoms with Crippen LogP contribution in [0.3, 0.4) is 0 Å². The van der Waals surface area contributed by atoms with Gasteiger partial charge in [0, 0.05) is 17.6 Å². The Morgan fingerprint density at radius 1 is 1.14 bits per heavy atom. The predicted molar refractivity (Wildman–Crippen MR) is 148 cm³/mol. The predicted octanol–water partition coefficient (Wildman–Crippen LogP) is 7.71. The fourth-order valence-electron chi connectivity index (χ4n) is 4.01. The van der Waals surface area contributed by atoms with Gasteiger partial charge in [0.15, 0.2) is 0 Å². The molecule has 8 heteroatoms. The molecule has 0 saturated carbocycles. The molecular formula is C29H31Cl2N3O3. The number of carbonyl (C=O) groups excluding carboxylic acids is 1. The van der Waals surface area contributed by atoms with Crippen LogP contribution >= 0.6 is 23.2 Å². The second-order valence-corrected chi connectivity index (χ2v) is 10.5. The van der Waals surface area contributed by atoms with Crippen LogP contribution < -0.4 is 10.5 Å². The van der Waals surface area contributed by atoms with E-state index in [4.69, 9.17) is 38.4 Å². The molecule has 1 saturated heterocycles. The SMILES string of the molecule is C=C(Cl)/C(CC1CCCN1C(=O)OC(C)(C)C)=C(Cl)\C(C#N)=C(/N)c1ccc(Oc2ccccc2)cc1. The summed E-state index contributed by atoms with van der Waals surface area (Å²) in [5, 5.41) is 10.2. The summed E-state index contributed by atoms with van der Waals surface area (Å²) in [4.78, 5) is 14.4. The number of allylic oxidation sites excluding steroid dienone is 3. The molecule has 0 bridgehead atoms. The molecule has 37 heavy (non-hydrogen) atoms. The Morgan fingerprint density at radius 3 is 2.32 bits per heavy atom. The maximum Gasteiger partial charge on any atom is 0.410 e. The first-order valence-electron chi connectivity index (χ1n) is 12.0. The molecule has 2 aromatic rings. The Morgan fingerprint density at radius 2 is 1.76 bits per heavy atom. The second kappa shape index (κ2) is 12.2. The average molecular weight is 540 g/mol. The first-order chi connectivity index (χ1) is 17.5. The lowest BCUT2D eigenvalue weighted by molar-refractivity contribution is 0.0227. The number of halogens is 2. The van der Waals surface area contributed by atoms with Gasteiger partial charge in [-0.3, -0.25) is 0 Å². The minimum Gasteiger partial charge on any atom is -0.457 e. The van der Waals surface area contributed by atoms with Crippen molar-refractivity contribution in [2.45, 2.75) is 51.7 Å². The lowest BCUT2D eigenvalue weighted by atomic mass is 9.99. The van der Waals surface area contributed by atoms with Crippen molar-refractivity contribution in [1.29, 1.82) is 5.26 Å². The fraction of sp³-hybridized carbons (Fsp3) is 0.310. The lowest BCUT2D eigenvalue weighted by Crippen LogP contribution is -2.40. The van der Waals surface area contributed by atoms with E-state index in [9.17, 15) is 10.1 Å². The zero-order chi connectivity index (χ0) is 27.2. The van der Waals surface area contributed by atoms with Gasteiger partial charge in [-0.1, -0.05) is 48.0 Å². The molecule has 1 aliphatic heterocycles. The Hall–Kier alpha value is -3.40. The maximum absolute atomic E-state index is 12.7. The number of ether oxygens (including phenoxy) is 2. The maximum atomic E-state index is 12.7. The van der Waals surface area contributed by atoms with Crippen molar-refractivity contribution >= 4 is 35.0 Å². The van der Waals surface area contributed by atoms with Gasteiger partial charge in [-0.25, -0.2) is 4.79 Å². The summed E-state index contributed by atoms with van der Waals surface area (Å²) >= 11 is 13.1.